The number of carbonyl (C=O) groups excluding carboxylic acids is 1. The lowest BCUT2D eigenvalue weighted by molar-refractivity contribution is -0.123. The number of primary amides is 1. The van der Waals surface area contributed by atoms with Gasteiger partial charge in [0.15, 0.2) is 0 Å². The number of likely N-dealkylation sites (N-methyl/N-ethyl adjacent to an activating group) is 1. The van der Waals surface area contributed by atoms with Crippen molar-refractivity contribution < 1.29 is 4.79 Å². The van der Waals surface area contributed by atoms with Crippen LogP contribution in [0.1, 0.15) is 34.1 Å². The fourth-order valence-corrected chi connectivity index (χ4v) is 2.77. The van der Waals surface area contributed by atoms with E-state index in [4.69, 9.17) is 5.73 Å². The van der Waals surface area contributed by atoms with Crippen LogP contribution in [-0.2, 0) is 4.79 Å². The highest BCUT2D eigenvalue weighted by Crippen LogP contribution is 2.24. The number of hydrogen-bond acceptors (Lipinski definition) is 3. The Bertz CT molecular complexity index is 197. The van der Waals surface area contributed by atoms with Crippen molar-refractivity contribution >= 4 is 17.7 Å². The summed E-state index contributed by atoms with van der Waals surface area (Å²) in [5, 5.41) is 4.01. The molecule has 84 valence electrons. The molecule has 14 heavy (non-hydrogen) atoms. The van der Waals surface area contributed by atoms with Crippen LogP contribution >= 0.6 is 11.8 Å². The quantitative estimate of drug-likeness (QED) is 0.708. The highest BCUT2D eigenvalue weighted by atomic mass is 32.2. The van der Waals surface area contributed by atoms with E-state index >= 15 is 0 Å². The molecule has 0 radical (unpaired) electrons. The topological polar surface area (TPSA) is 55.1 Å². The molecular weight excluding hydrogens is 196 g/mol. The van der Waals surface area contributed by atoms with Crippen molar-refractivity contribution in [2.45, 2.75) is 50.2 Å². The molecule has 0 saturated carbocycles. The van der Waals surface area contributed by atoms with E-state index in [1.165, 1.54) is 0 Å². The summed E-state index contributed by atoms with van der Waals surface area (Å²) >= 11 is 1.87. The molecular formula is C10H22N2OS. The Morgan fingerprint density at radius 3 is 2.29 bits per heavy atom. The predicted molar refractivity (Wildman–Crippen MR) is 63.5 cm³/mol. The summed E-state index contributed by atoms with van der Waals surface area (Å²) in [6.07, 6.45) is 0.766. The summed E-state index contributed by atoms with van der Waals surface area (Å²) in [6, 6.07) is 0. The van der Waals surface area contributed by atoms with E-state index in [0.717, 1.165) is 6.42 Å². The molecule has 0 heterocycles. The van der Waals surface area contributed by atoms with Crippen molar-refractivity contribution in [1.29, 1.82) is 0 Å². The fraction of sp³-hybridized carbons (Fsp3) is 0.900. The predicted octanol–water partition coefficient (Wildman–Crippen LogP) is 1.37. The van der Waals surface area contributed by atoms with E-state index in [-0.39, 0.29) is 5.91 Å². The number of nitrogens with one attached hydrogen (secondary N) is 1. The molecule has 0 aliphatic rings. The van der Waals surface area contributed by atoms with Gasteiger partial charge in [-0.1, -0.05) is 20.8 Å². The molecule has 0 bridgehead atoms. The average molecular weight is 218 g/mol. The van der Waals surface area contributed by atoms with Crippen LogP contribution in [0.15, 0.2) is 0 Å². The minimum absolute atomic E-state index is 0.281. The van der Waals surface area contributed by atoms with Gasteiger partial charge in [-0.05, 0) is 25.6 Å². The van der Waals surface area contributed by atoms with Gasteiger partial charge in [0.2, 0.25) is 5.91 Å². The number of amides is 1. The highest BCUT2D eigenvalue weighted by Gasteiger charge is 2.31. The van der Waals surface area contributed by atoms with Crippen LogP contribution in [0.4, 0.5) is 0 Å². The third-order valence-electron chi connectivity index (χ3n) is 2.30. The van der Waals surface area contributed by atoms with Gasteiger partial charge in [-0.25, -0.2) is 0 Å². The minimum atomic E-state index is -0.582. The Labute approximate surface area is 91.2 Å². The lowest BCUT2D eigenvalue weighted by Crippen LogP contribution is -2.52. The van der Waals surface area contributed by atoms with Gasteiger partial charge in [0.05, 0.1) is 5.54 Å². The number of hydrogen-bond donors (Lipinski definition) is 2. The third kappa shape index (κ3) is 4.33. The number of carbonyl (C=O) groups is 1. The standard InChI is InChI=1S/C10H22N2OS/c1-7(2)14-8(3)6-10(4,12-5)9(11)13/h7-8,12H,6H2,1-5H3,(H2,11,13). The maximum atomic E-state index is 11.2. The highest BCUT2D eigenvalue weighted by molar-refractivity contribution is 8.00. The second kappa shape index (κ2) is 5.61. The van der Waals surface area contributed by atoms with Crippen molar-refractivity contribution in [3.8, 4) is 0 Å². The van der Waals surface area contributed by atoms with E-state index < -0.39 is 5.54 Å². The lowest BCUT2D eigenvalue weighted by atomic mass is 9.95. The molecule has 0 aromatic carbocycles. The van der Waals surface area contributed by atoms with E-state index in [2.05, 4.69) is 26.1 Å². The zero-order valence-electron chi connectivity index (χ0n) is 9.76. The summed E-state index contributed by atoms with van der Waals surface area (Å²) in [5.41, 5.74) is 4.77. The SMILES string of the molecule is CNC(C)(CC(C)SC(C)C)C(N)=O. The van der Waals surface area contributed by atoms with E-state index in [9.17, 15) is 4.79 Å². The molecule has 3 N–H and O–H groups in total. The maximum absolute atomic E-state index is 11.2. The second-order valence-electron chi connectivity index (χ2n) is 4.15. The lowest BCUT2D eigenvalue weighted by Gasteiger charge is -2.29. The first-order chi connectivity index (χ1) is 6.31. The summed E-state index contributed by atoms with van der Waals surface area (Å²) in [7, 11) is 1.78. The van der Waals surface area contributed by atoms with Crippen molar-refractivity contribution in [3.05, 3.63) is 0 Å². The number of nitrogens with two attached hydrogens (primary N) is 1. The second-order valence-corrected chi connectivity index (χ2v) is 6.17. The summed E-state index contributed by atoms with van der Waals surface area (Å²) in [5.74, 6) is -0.281. The Kier molecular flexibility index (Phi) is 5.52. The molecule has 0 spiro atoms. The van der Waals surface area contributed by atoms with Crippen LogP contribution in [0, 0.1) is 0 Å². The van der Waals surface area contributed by atoms with Gasteiger partial charge in [-0.3, -0.25) is 4.79 Å². The molecule has 2 unspecified atom stereocenters. The largest absolute Gasteiger partial charge is 0.368 e. The van der Waals surface area contributed by atoms with Gasteiger partial charge in [0.1, 0.15) is 0 Å². The van der Waals surface area contributed by atoms with Gasteiger partial charge in [0, 0.05) is 5.25 Å². The maximum Gasteiger partial charge on any atom is 0.237 e. The van der Waals surface area contributed by atoms with Crippen molar-refractivity contribution in [3.63, 3.8) is 0 Å². The molecule has 0 saturated heterocycles. The zero-order valence-corrected chi connectivity index (χ0v) is 10.6. The van der Waals surface area contributed by atoms with Crippen LogP contribution in [0.3, 0.4) is 0 Å². The molecule has 0 fully saturated rings. The molecule has 0 aromatic rings. The third-order valence-corrected chi connectivity index (χ3v) is 3.47. The smallest absolute Gasteiger partial charge is 0.237 e. The molecule has 4 heteroatoms. The molecule has 0 rings (SSSR count). The first-order valence-corrected chi connectivity index (χ1v) is 5.90. The van der Waals surface area contributed by atoms with E-state index in [1.807, 2.05) is 18.7 Å². The van der Waals surface area contributed by atoms with Gasteiger partial charge >= 0.3 is 0 Å². The van der Waals surface area contributed by atoms with Gasteiger partial charge in [0.25, 0.3) is 0 Å². The normalized spacial score (nSPS) is 17.9. The zero-order chi connectivity index (χ0) is 11.4. The van der Waals surface area contributed by atoms with Gasteiger partial charge in [-0.2, -0.15) is 11.8 Å². The van der Waals surface area contributed by atoms with Crippen LogP contribution < -0.4 is 11.1 Å². The van der Waals surface area contributed by atoms with E-state index in [0.29, 0.717) is 10.5 Å². The molecule has 0 aromatic heterocycles. The van der Waals surface area contributed by atoms with Crippen molar-refractivity contribution in [2.24, 2.45) is 5.73 Å². The number of thioether (sulfide) groups is 1. The first kappa shape index (κ1) is 13.8. The van der Waals surface area contributed by atoms with E-state index in [1.54, 1.807) is 7.05 Å². The molecule has 0 aliphatic carbocycles. The number of rotatable bonds is 6. The Morgan fingerprint density at radius 2 is 2.00 bits per heavy atom. The van der Waals surface area contributed by atoms with Crippen LogP contribution in [-0.4, -0.2) is 29.0 Å². The summed E-state index contributed by atoms with van der Waals surface area (Å²) in [4.78, 5) is 11.2. The average Bonchev–Trinajstić information content (AvgIpc) is 2.01. The van der Waals surface area contributed by atoms with Crippen LogP contribution in [0.2, 0.25) is 0 Å². The monoisotopic (exact) mass is 218 g/mol. The minimum Gasteiger partial charge on any atom is -0.368 e. The Balaban J connectivity index is 4.24. The van der Waals surface area contributed by atoms with Crippen molar-refractivity contribution in [1.82, 2.24) is 5.32 Å². The summed E-state index contributed by atoms with van der Waals surface area (Å²) in [6.45, 7) is 8.29. The van der Waals surface area contributed by atoms with Crippen LogP contribution in [0.25, 0.3) is 0 Å². The Morgan fingerprint density at radius 1 is 1.50 bits per heavy atom. The summed E-state index contributed by atoms with van der Waals surface area (Å²) < 4.78 is 0. The Hall–Kier alpha value is -0.220. The first-order valence-electron chi connectivity index (χ1n) is 4.96. The van der Waals surface area contributed by atoms with Crippen LogP contribution in [0.5, 0.6) is 0 Å². The van der Waals surface area contributed by atoms with Gasteiger partial charge in [-0.15, -0.1) is 0 Å². The van der Waals surface area contributed by atoms with Gasteiger partial charge < -0.3 is 11.1 Å². The molecule has 1 amide bonds. The molecule has 2 atom stereocenters. The fourth-order valence-electron chi connectivity index (χ4n) is 1.41. The molecule has 3 nitrogen and oxygen atoms in total. The van der Waals surface area contributed by atoms with Crippen molar-refractivity contribution in [2.75, 3.05) is 7.05 Å². The molecule has 0 aliphatic heterocycles.